The maximum Gasteiger partial charge on any atom is 0.335 e. The molecule has 16 heavy (non-hydrogen) atoms. The summed E-state index contributed by atoms with van der Waals surface area (Å²) in [5.74, 6) is -0.505. The quantitative estimate of drug-likeness (QED) is 0.690. The summed E-state index contributed by atoms with van der Waals surface area (Å²) in [6.45, 7) is 2.30. The van der Waals surface area contributed by atoms with Crippen molar-refractivity contribution in [1.29, 1.82) is 0 Å². The van der Waals surface area contributed by atoms with Gasteiger partial charge in [0.25, 0.3) is 0 Å². The maximum atomic E-state index is 10.8. The largest absolute Gasteiger partial charge is 0.492 e. The van der Waals surface area contributed by atoms with Gasteiger partial charge in [0, 0.05) is 0 Å². The fourth-order valence-corrected chi connectivity index (χ4v) is 1.28. The first-order chi connectivity index (χ1) is 7.54. The normalized spacial score (nSPS) is 9.56. The Balaban J connectivity index is 3.09. The van der Waals surface area contributed by atoms with Crippen molar-refractivity contribution in [3.05, 3.63) is 23.8 Å². The molecule has 0 aliphatic rings. The summed E-state index contributed by atoms with van der Waals surface area (Å²) in [6.07, 6.45) is 0. The predicted octanol–water partition coefficient (Wildman–Crippen LogP) is 1.44. The van der Waals surface area contributed by atoms with E-state index in [0.717, 1.165) is 0 Å². The summed E-state index contributed by atoms with van der Waals surface area (Å²) in [4.78, 5) is 10.8. The zero-order valence-electron chi connectivity index (χ0n) is 8.69. The average Bonchev–Trinajstić information content (AvgIpc) is 2.19. The van der Waals surface area contributed by atoms with Gasteiger partial charge in [-0.3, -0.25) is 0 Å². The van der Waals surface area contributed by atoms with Crippen LogP contribution in [0.4, 0.5) is 5.69 Å². The lowest BCUT2D eigenvalue weighted by atomic mass is 10.2. The summed E-state index contributed by atoms with van der Waals surface area (Å²) in [7, 11) is 0. The van der Waals surface area contributed by atoms with Crippen molar-refractivity contribution in [2.24, 2.45) is 5.73 Å². The fraction of sp³-hybridized carbons (Fsp3) is 0.200. The minimum absolute atomic E-state index is 0.0588. The van der Waals surface area contributed by atoms with Crippen molar-refractivity contribution in [3.8, 4) is 5.75 Å². The molecule has 0 unspecified atom stereocenters. The Labute approximate surface area is 98.2 Å². The number of carboxylic acids is 1. The Morgan fingerprint density at radius 3 is 2.81 bits per heavy atom. The van der Waals surface area contributed by atoms with Crippen molar-refractivity contribution in [1.82, 2.24) is 0 Å². The van der Waals surface area contributed by atoms with Gasteiger partial charge in [0.15, 0.2) is 5.11 Å². The molecule has 0 saturated carbocycles. The summed E-state index contributed by atoms with van der Waals surface area (Å²) < 4.78 is 5.30. The highest BCUT2D eigenvalue weighted by Crippen LogP contribution is 2.25. The molecule has 0 saturated heterocycles. The van der Waals surface area contributed by atoms with Crippen molar-refractivity contribution < 1.29 is 14.6 Å². The first-order valence-electron chi connectivity index (χ1n) is 4.61. The van der Waals surface area contributed by atoms with Crippen LogP contribution < -0.4 is 15.8 Å². The number of benzene rings is 1. The van der Waals surface area contributed by atoms with Crippen molar-refractivity contribution >= 4 is 29.0 Å². The number of carbonyl (C=O) groups is 1. The van der Waals surface area contributed by atoms with Crippen LogP contribution in [-0.2, 0) is 0 Å². The Kier molecular flexibility index (Phi) is 4.07. The Morgan fingerprint density at radius 2 is 2.31 bits per heavy atom. The Hall–Kier alpha value is -1.82. The van der Waals surface area contributed by atoms with E-state index in [1.165, 1.54) is 12.1 Å². The molecule has 0 bridgehead atoms. The van der Waals surface area contributed by atoms with Gasteiger partial charge >= 0.3 is 5.97 Å². The molecule has 6 heteroatoms. The van der Waals surface area contributed by atoms with Crippen LogP contribution in [0.5, 0.6) is 5.75 Å². The fourth-order valence-electron chi connectivity index (χ4n) is 1.17. The van der Waals surface area contributed by atoms with E-state index in [-0.39, 0.29) is 10.7 Å². The molecule has 0 amide bonds. The molecule has 0 atom stereocenters. The van der Waals surface area contributed by atoms with Crippen LogP contribution in [0.2, 0.25) is 0 Å². The Bertz CT molecular complexity index is 421. The van der Waals surface area contributed by atoms with Crippen LogP contribution in [0.15, 0.2) is 18.2 Å². The van der Waals surface area contributed by atoms with Crippen LogP contribution >= 0.6 is 12.2 Å². The highest BCUT2D eigenvalue weighted by atomic mass is 32.1. The molecule has 0 radical (unpaired) electrons. The molecule has 4 N–H and O–H groups in total. The minimum Gasteiger partial charge on any atom is -0.492 e. The zero-order chi connectivity index (χ0) is 12.1. The van der Waals surface area contributed by atoms with Gasteiger partial charge in [0.1, 0.15) is 5.75 Å². The molecule has 86 valence electrons. The number of hydrogen-bond acceptors (Lipinski definition) is 3. The standard InChI is InChI=1S/C10H12N2O3S/c1-2-15-8-4-3-6(9(13)14)5-7(8)12-10(11)16/h3-5H,2H2,1H3,(H,13,14)(H3,11,12,16). The van der Waals surface area contributed by atoms with Crippen LogP contribution in [-0.4, -0.2) is 22.8 Å². The number of anilines is 1. The lowest BCUT2D eigenvalue weighted by Gasteiger charge is -2.11. The van der Waals surface area contributed by atoms with E-state index < -0.39 is 5.97 Å². The smallest absolute Gasteiger partial charge is 0.335 e. The number of nitrogens with two attached hydrogens (primary N) is 1. The summed E-state index contributed by atoms with van der Waals surface area (Å²) in [5, 5.41) is 11.6. The molecule has 0 aliphatic carbocycles. The van der Waals surface area contributed by atoms with E-state index in [0.29, 0.717) is 18.0 Å². The number of aromatic carboxylic acids is 1. The summed E-state index contributed by atoms with van der Waals surface area (Å²) in [6, 6.07) is 4.44. The molecule has 0 aliphatic heterocycles. The van der Waals surface area contributed by atoms with Crippen molar-refractivity contribution in [2.45, 2.75) is 6.92 Å². The van der Waals surface area contributed by atoms with Crippen molar-refractivity contribution in [2.75, 3.05) is 11.9 Å². The van der Waals surface area contributed by atoms with Crippen LogP contribution in [0, 0.1) is 0 Å². The molecule has 1 rings (SSSR count). The van der Waals surface area contributed by atoms with Gasteiger partial charge < -0.3 is 20.9 Å². The number of ether oxygens (including phenoxy) is 1. The lowest BCUT2D eigenvalue weighted by Crippen LogP contribution is -2.19. The molecule has 1 aromatic rings. The molecule has 0 fully saturated rings. The Morgan fingerprint density at radius 1 is 1.62 bits per heavy atom. The first-order valence-corrected chi connectivity index (χ1v) is 5.02. The third-order valence-electron chi connectivity index (χ3n) is 1.78. The van der Waals surface area contributed by atoms with Crippen LogP contribution in [0.1, 0.15) is 17.3 Å². The van der Waals surface area contributed by atoms with E-state index in [2.05, 4.69) is 5.32 Å². The molecule has 5 nitrogen and oxygen atoms in total. The van der Waals surface area contributed by atoms with E-state index in [4.69, 9.17) is 27.8 Å². The van der Waals surface area contributed by atoms with Gasteiger partial charge in [-0.25, -0.2) is 4.79 Å². The molecule has 0 spiro atoms. The molecule has 0 heterocycles. The molecule has 0 aromatic heterocycles. The van der Waals surface area contributed by atoms with E-state index in [9.17, 15) is 4.79 Å². The predicted molar refractivity (Wildman–Crippen MR) is 65.0 cm³/mol. The number of rotatable bonds is 4. The molecular weight excluding hydrogens is 228 g/mol. The van der Waals surface area contributed by atoms with E-state index >= 15 is 0 Å². The number of thiocarbonyl (C=S) groups is 1. The lowest BCUT2D eigenvalue weighted by molar-refractivity contribution is 0.0697. The SMILES string of the molecule is CCOc1ccc(C(=O)O)cc1NC(N)=S. The number of hydrogen-bond donors (Lipinski definition) is 3. The first kappa shape index (κ1) is 12.3. The van der Waals surface area contributed by atoms with Gasteiger partial charge in [-0.1, -0.05) is 0 Å². The van der Waals surface area contributed by atoms with Gasteiger partial charge in [-0.2, -0.15) is 0 Å². The third kappa shape index (κ3) is 3.09. The zero-order valence-corrected chi connectivity index (χ0v) is 9.50. The average molecular weight is 240 g/mol. The highest BCUT2D eigenvalue weighted by Gasteiger charge is 2.09. The van der Waals surface area contributed by atoms with Crippen LogP contribution in [0.3, 0.4) is 0 Å². The van der Waals surface area contributed by atoms with E-state index in [1.54, 1.807) is 6.07 Å². The highest BCUT2D eigenvalue weighted by molar-refractivity contribution is 7.80. The minimum atomic E-state index is -1.02. The summed E-state index contributed by atoms with van der Waals surface area (Å²) >= 11 is 4.69. The summed E-state index contributed by atoms with van der Waals surface area (Å²) in [5.41, 5.74) is 5.93. The molecular formula is C10H12N2O3S. The second-order valence-electron chi connectivity index (χ2n) is 2.94. The second kappa shape index (κ2) is 5.32. The van der Waals surface area contributed by atoms with Gasteiger partial charge in [0.05, 0.1) is 17.9 Å². The number of carboxylic acid groups (broad SMARTS) is 1. The molecule has 1 aromatic carbocycles. The van der Waals surface area contributed by atoms with Gasteiger partial charge in [0.2, 0.25) is 0 Å². The second-order valence-corrected chi connectivity index (χ2v) is 3.38. The van der Waals surface area contributed by atoms with Gasteiger partial charge in [-0.15, -0.1) is 0 Å². The number of nitrogens with one attached hydrogen (secondary N) is 1. The maximum absolute atomic E-state index is 10.8. The van der Waals surface area contributed by atoms with Crippen LogP contribution in [0.25, 0.3) is 0 Å². The third-order valence-corrected chi connectivity index (χ3v) is 1.89. The van der Waals surface area contributed by atoms with E-state index in [1.807, 2.05) is 6.92 Å². The monoisotopic (exact) mass is 240 g/mol. The van der Waals surface area contributed by atoms with Gasteiger partial charge in [-0.05, 0) is 37.3 Å². The topological polar surface area (TPSA) is 84.6 Å². The van der Waals surface area contributed by atoms with Crippen molar-refractivity contribution in [3.63, 3.8) is 0 Å².